The quantitative estimate of drug-likeness (QED) is 0.810. The molecule has 2 amide bonds. The monoisotopic (exact) mass is 388 g/mol. The molecule has 0 saturated carbocycles. The summed E-state index contributed by atoms with van der Waals surface area (Å²) in [6.07, 6.45) is 1.53. The molecule has 0 spiro atoms. The molecule has 0 aliphatic carbocycles. The van der Waals surface area contributed by atoms with Gasteiger partial charge < -0.3 is 15.0 Å². The minimum Gasteiger partial charge on any atom is -0.492 e. The Morgan fingerprint density at radius 1 is 1.30 bits per heavy atom. The van der Waals surface area contributed by atoms with E-state index < -0.39 is 11.5 Å². The van der Waals surface area contributed by atoms with E-state index in [0.29, 0.717) is 29.5 Å². The number of ether oxygens (including phenoxy) is 1. The number of anilines is 2. The third-order valence-corrected chi connectivity index (χ3v) is 4.98. The van der Waals surface area contributed by atoms with Crippen LogP contribution in [0.1, 0.15) is 13.8 Å². The van der Waals surface area contributed by atoms with Gasteiger partial charge in [0.25, 0.3) is 5.56 Å². The Bertz CT molecular complexity index is 928. The van der Waals surface area contributed by atoms with E-state index in [1.807, 2.05) is 13.0 Å². The molecule has 0 unspecified atom stereocenters. The molecular formula is C18H20N4O4S. The SMILES string of the molecule is CCOc1ccccc1NC(=O)Cn1ncc2c(c1=O)N(CC)C(=O)CS2. The number of fused-ring (bicyclic) bond motifs is 1. The number of hydrogen-bond acceptors (Lipinski definition) is 6. The van der Waals surface area contributed by atoms with E-state index in [0.717, 1.165) is 4.68 Å². The molecule has 27 heavy (non-hydrogen) atoms. The van der Waals surface area contributed by atoms with Crippen molar-refractivity contribution in [1.29, 1.82) is 0 Å². The number of carbonyl (C=O) groups is 2. The first-order valence-electron chi connectivity index (χ1n) is 8.60. The number of nitrogens with one attached hydrogen (secondary N) is 1. The zero-order valence-corrected chi connectivity index (χ0v) is 15.9. The molecule has 3 rings (SSSR count). The number of benzene rings is 1. The molecule has 2 aromatic rings. The fraction of sp³-hybridized carbons (Fsp3) is 0.333. The molecule has 9 heteroatoms. The van der Waals surface area contributed by atoms with Crippen molar-refractivity contribution in [2.24, 2.45) is 0 Å². The molecule has 0 radical (unpaired) electrons. The van der Waals surface area contributed by atoms with E-state index in [9.17, 15) is 14.4 Å². The average Bonchev–Trinajstić information content (AvgIpc) is 2.66. The number of aromatic nitrogens is 2. The molecule has 1 aliphatic heterocycles. The minimum atomic E-state index is -0.455. The largest absolute Gasteiger partial charge is 0.492 e. The second-order valence-electron chi connectivity index (χ2n) is 5.72. The zero-order valence-electron chi connectivity index (χ0n) is 15.1. The maximum absolute atomic E-state index is 12.8. The van der Waals surface area contributed by atoms with Gasteiger partial charge in [0.05, 0.1) is 29.1 Å². The van der Waals surface area contributed by atoms with Crippen LogP contribution in [0.3, 0.4) is 0 Å². The lowest BCUT2D eigenvalue weighted by Crippen LogP contribution is -2.42. The Balaban J connectivity index is 1.83. The molecule has 2 heterocycles. The Morgan fingerprint density at radius 3 is 2.81 bits per heavy atom. The third-order valence-electron chi connectivity index (χ3n) is 3.98. The summed E-state index contributed by atoms with van der Waals surface area (Å²) >= 11 is 1.28. The van der Waals surface area contributed by atoms with Crippen LogP contribution in [0.15, 0.2) is 40.2 Å². The van der Waals surface area contributed by atoms with Crippen molar-refractivity contribution >= 4 is 35.0 Å². The Kier molecular flexibility index (Phi) is 5.80. The van der Waals surface area contributed by atoms with Gasteiger partial charge in [-0.15, -0.1) is 11.8 Å². The smallest absolute Gasteiger partial charge is 0.292 e. The van der Waals surface area contributed by atoms with Crippen LogP contribution in [0.25, 0.3) is 0 Å². The number of carbonyl (C=O) groups excluding carboxylic acids is 2. The van der Waals surface area contributed by atoms with Crippen molar-refractivity contribution in [2.75, 3.05) is 29.1 Å². The number of amides is 2. The highest BCUT2D eigenvalue weighted by atomic mass is 32.2. The lowest BCUT2D eigenvalue weighted by atomic mass is 10.3. The molecule has 1 aromatic heterocycles. The molecule has 0 fully saturated rings. The van der Waals surface area contributed by atoms with Crippen LogP contribution in [-0.2, 0) is 16.1 Å². The fourth-order valence-corrected chi connectivity index (χ4v) is 3.67. The summed E-state index contributed by atoms with van der Waals surface area (Å²) < 4.78 is 6.55. The van der Waals surface area contributed by atoms with Crippen LogP contribution in [0.4, 0.5) is 11.4 Å². The number of hydrogen-bond donors (Lipinski definition) is 1. The molecule has 1 aromatic carbocycles. The van der Waals surface area contributed by atoms with E-state index in [2.05, 4.69) is 10.4 Å². The fourth-order valence-electron chi connectivity index (χ4n) is 2.78. The standard InChI is InChI=1S/C18H20N4O4S/c1-3-21-16(24)11-27-14-9-19-22(18(25)17(14)21)10-15(23)20-12-7-5-6-8-13(12)26-4-2/h5-9H,3-4,10-11H2,1-2H3,(H,20,23). The van der Waals surface area contributed by atoms with Gasteiger partial charge in [-0.25, -0.2) is 4.68 Å². The van der Waals surface area contributed by atoms with Crippen molar-refractivity contribution in [2.45, 2.75) is 25.3 Å². The highest BCUT2D eigenvalue weighted by molar-refractivity contribution is 8.00. The van der Waals surface area contributed by atoms with Crippen LogP contribution in [0, 0.1) is 0 Å². The van der Waals surface area contributed by atoms with E-state index in [4.69, 9.17) is 4.74 Å². The van der Waals surface area contributed by atoms with E-state index in [1.165, 1.54) is 22.9 Å². The van der Waals surface area contributed by atoms with Crippen LogP contribution >= 0.6 is 11.8 Å². The predicted octanol–water partition coefficient (Wildman–Crippen LogP) is 1.74. The molecular weight excluding hydrogens is 368 g/mol. The Morgan fingerprint density at radius 2 is 2.07 bits per heavy atom. The van der Waals surface area contributed by atoms with Gasteiger partial charge in [-0.3, -0.25) is 14.4 Å². The number of thioether (sulfide) groups is 1. The highest BCUT2D eigenvalue weighted by Crippen LogP contribution is 2.31. The van der Waals surface area contributed by atoms with E-state index in [-0.39, 0.29) is 23.9 Å². The molecule has 142 valence electrons. The van der Waals surface area contributed by atoms with Crippen molar-refractivity contribution in [3.05, 3.63) is 40.8 Å². The van der Waals surface area contributed by atoms with Gasteiger partial charge in [0.1, 0.15) is 18.0 Å². The second-order valence-corrected chi connectivity index (χ2v) is 6.74. The van der Waals surface area contributed by atoms with E-state index in [1.54, 1.807) is 25.1 Å². The maximum atomic E-state index is 12.8. The summed E-state index contributed by atoms with van der Waals surface area (Å²) in [6, 6.07) is 7.07. The molecule has 0 atom stereocenters. The predicted molar refractivity (Wildman–Crippen MR) is 103 cm³/mol. The Labute approximate surface area is 160 Å². The summed E-state index contributed by atoms with van der Waals surface area (Å²) in [5, 5.41) is 6.81. The molecule has 0 bridgehead atoms. The number of rotatable bonds is 6. The van der Waals surface area contributed by atoms with Gasteiger partial charge in [0.2, 0.25) is 11.8 Å². The number of para-hydroxylation sites is 2. The minimum absolute atomic E-state index is 0.125. The normalized spacial score (nSPS) is 13.3. The molecule has 8 nitrogen and oxygen atoms in total. The van der Waals surface area contributed by atoms with Crippen molar-refractivity contribution in [3.8, 4) is 5.75 Å². The summed E-state index contributed by atoms with van der Waals surface area (Å²) in [5.74, 6) is 0.299. The maximum Gasteiger partial charge on any atom is 0.292 e. The van der Waals surface area contributed by atoms with Crippen molar-refractivity contribution in [3.63, 3.8) is 0 Å². The lowest BCUT2D eigenvalue weighted by Gasteiger charge is -2.27. The van der Waals surface area contributed by atoms with Gasteiger partial charge in [0.15, 0.2) is 0 Å². The number of nitrogens with zero attached hydrogens (tertiary/aromatic N) is 3. The zero-order chi connectivity index (χ0) is 19.4. The molecule has 1 N–H and O–H groups in total. The van der Waals surface area contributed by atoms with Gasteiger partial charge in [0, 0.05) is 6.54 Å². The van der Waals surface area contributed by atoms with Gasteiger partial charge in [-0.2, -0.15) is 5.10 Å². The first-order valence-corrected chi connectivity index (χ1v) is 9.58. The van der Waals surface area contributed by atoms with Crippen LogP contribution in [-0.4, -0.2) is 40.5 Å². The topological polar surface area (TPSA) is 93.5 Å². The highest BCUT2D eigenvalue weighted by Gasteiger charge is 2.28. The summed E-state index contributed by atoms with van der Waals surface area (Å²) in [7, 11) is 0. The summed E-state index contributed by atoms with van der Waals surface area (Å²) in [5.41, 5.74) is 0.357. The van der Waals surface area contributed by atoms with Crippen molar-refractivity contribution < 1.29 is 14.3 Å². The van der Waals surface area contributed by atoms with Gasteiger partial charge >= 0.3 is 0 Å². The summed E-state index contributed by atoms with van der Waals surface area (Å²) in [6.45, 7) is 4.26. The lowest BCUT2D eigenvalue weighted by molar-refractivity contribution is -0.117. The van der Waals surface area contributed by atoms with Crippen molar-refractivity contribution in [1.82, 2.24) is 9.78 Å². The first-order chi connectivity index (χ1) is 13.0. The second kappa shape index (κ2) is 8.26. The Hall–Kier alpha value is -2.81. The molecule has 1 aliphatic rings. The van der Waals surface area contributed by atoms with Gasteiger partial charge in [-0.1, -0.05) is 12.1 Å². The van der Waals surface area contributed by atoms with Crippen LogP contribution < -0.4 is 20.5 Å². The van der Waals surface area contributed by atoms with Gasteiger partial charge in [-0.05, 0) is 26.0 Å². The average molecular weight is 388 g/mol. The first kappa shape index (κ1) is 19.0. The third kappa shape index (κ3) is 3.97. The van der Waals surface area contributed by atoms with Crippen LogP contribution in [0.5, 0.6) is 5.75 Å². The molecule has 0 saturated heterocycles. The van der Waals surface area contributed by atoms with E-state index >= 15 is 0 Å². The van der Waals surface area contributed by atoms with Crippen LogP contribution in [0.2, 0.25) is 0 Å². The summed E-state index contributed by atoms with van der Waals surface area (Å²) in [4.78, 5) is 39.3.